The van der Waals surface area contributed by atoms with Gasteiger partial charge in [-0.15, -0.1) is 0 Å². The van der Waals surface area contributed by atoms with E-state index in [1.165, 1.54) is 0 Å². The van der Waals surface area contributed by atoms with E-state index in [-0.39, 0.29) is 5.91 Å². The topological polar surface area (TPSA) is 62.5 Å². The molecule has 1 aromatic heterocycles. The van der Waals surface area contributed by atoms with Gasteiger partial charge in [-0.25, -0.2) is 0 Å². The average molecular weight is 264 g/mol. The minimum Gasteiger partial charge on any atom is -0.397 e. The lowest BCUT2D eigenvalue weighted by molar-refractivity contribution is 0.0758. The number of aromatic nitrogens is 1. The first kappa shape index (κ1) is 15.4. The number of amides is 1. The highest BCUT2D eigenvalue weighted by Crippen LogP contribution is 2.12. The van der Waals surface area contributed by atoms with E-state index in [1.807, 2.05) is 32.8 Å². The van der Waals surface area contributed by atoms with Crippen LogP contribution < -0.4 is 5.73 Å². The van der Waals surface area contributed by atoms with Gasteiger partial charge in [0.05, 0.1) is 23.1 Å². The Morgan fingerprint density at radius 1 is 1.37 bits per heavy atom. The Balaban J connectivity index is 2.75. The summed E-state index contributed by atoms with van der Waals surface area (Å²) < 4.78 is 0. The Morgan fingerprint density at radius 3 is 2.63 bits per heavy atom. The highest BCUT2D eigenvalue weighted by Gasteiger charge is 2.17. The zero-order chi connectivity index (χ0) is 14.4. The van der Waals surface area contributed by atoms with E-state index < -0.39 is 0 Å². The van der Waals surface area contributed by atoms with Gasteiger partial charge in [0.25, 0.3) is 5.91 Å². The first-order chi connectivity index (χ1) is 8.95. The number of aryl methyl sites for hydroxylation is 1. The molecule has 0 radical (unpaired) electrons. The van der Waals surface area contributed by atoms with Crippen molar-refractivity contribution in [2.24, 2.45) is 0 Å². The van der Waals surface area contributed by atoms with Crippen LogP contribution in [-0.2, 0) is 0 Å². The van der Waals surface area contributed by atoms with Crippen LogP contribution in [0.4, 0.5) is 5.69 Å². The molecule has 106 valence electrons. The molecule has 0 aliphatic heterocycles. The van der Waals surface area contributed by atoms with Crippen molar-refractivity contribution in [3.63, 3.8) is 0 Å². The van der Waals surface area contributed by atoms with E-state index >= 15 is 0 Å². The van der Waals surface area contributed by atoms with Crippen LogP contribution >= 0.6 is 0 Å². The highest BCUT2D eigenvalue weighted by molar-refractivity contribution is 5.95. The van der Waals surface area contributed by atoms with Crippen LogP contribution in [0.5, 0.6) is 0 Å². The predicted molar refractivity (Wildman–Crippen MR) is 78.1 cm³/mol. The number of rotatable bonds is 6. The first-order valence-corrected chi connectivity index (χ1v) is 6.61. The maximum Gasteiger partial charge on any atom is 0.255 e. The van der Waals surface area contributed by atoms with Gasteiger partial charge >= 0.3 is 0 Å². The second-order valence-corrected chi connectivity index (χ2v) is 4.94. The minimum atomic E-state index is 0.0126. The number of nitrogens with two attached hydrogens (primary N) is 1. The molecular weight excluding hydrogens is 240 g/mol. The number of nitrogen functional groups attached to an aromatic ring is 1. The van der Waals surface area contributed by atoms with Gasteiger partial charge in [-0.1, -0.05) is 0 Å². The van der Waals surface area contributed by atoms with Crippen molar-refractivity contribution in [1.82, 2.24) is 14.8 Å². The summed E-state index contributed by atoms with van der Waals surface area (Å²) in [7, 11) is 4.06. The van der Waals surface area contributed by atoms with Gasteiger partial charge in [0, 0.05) is 13.1 Å². The lowest BCUT2D eigenvalue weighted by Gasteiger charge is -2.22. The second kappa shape index (κ2) is 7.09. The van der Waals surface area contributed by atoms with Crippen molar-refractivity contribution in [1.29, 1.82) is 0 Å². The third kappa shape index (κ3) is 4.52. The van der Waals surface area contributed by atoms with Crippen molar-refractivity contribution in [3.05, 3.63) is 23.5 Å². The van der Waals surface area contributed by atoms with E-state index in [4.69, 9.17) is 5.73 Å². The fourth-order valence-electron chi connectivity index (χ4n) is 1.92. The maximum atomic E-state index is 12.4. The molecule has 0 aromatic carbocycles. The SMILES string of the molecule is CCN(CCCN(C)C)C(=O)c1cc(N)cnc1C. The standard InChI is InChI=1S/C14H24N4O/c1-5-18(8-6-7-17(3)4)14(19)13-9-12(15)10-16-11(13)2/h9-10H,5-8,15H2,1-4H3. The largest absolute Gasteiger partial charge is 0.397 e. The Labute approximate surface area is 115 Å². The Morgan fingerprint density at radius 2 is 2.05 bits per heavy atom. The molecule has 0 unspecified atom stereocenters. The molecule has 0 saturated heterocycles. The van der Waals surface area contributed by atoms with Crippen molar-refractivity contribution in [3.8, 4) is 0 Å². The van der Waals surface area contributed by atoms with Crippen LogP contribution in [0.25, 0.3) is 0 Å². The van der Waals surface area contributed by atoms with Crippen LogP contribution in [-0.4, -0.2) is 54.4 Å². The van der Waals surface area contributed by atoms with Gasteiger partial charge in [0.2, 0.25) is 0 Å². The monoisotopic (exact) mass is 264 g/mol. The molecular formula is C14H24N4O. The van der Waals surface area contributed by atoms with E-state index in [0.717, 1.165) is 25.2 Å². The molecule has 0 bridgehead atoms. The maximum absolute atomic E-state index is 12.4. The summed E-state index contributed by atoms with van der Waals surface area (Å²) in [6.45, 7) is 6.24. The zero-order valence-corrected chi connectivity index (χ0v) is 12.3. The van der Waals surface area contributed by atoms with E-state index in [1.54, 1.807) is 12.3 Å². The van der Waals surface area contributed by atoms with Gasteiger partial charge in [0.15, 0.2) is 0 Å². The third-order valence-electron chi connectivity index (χ3n) is 3.04. The fraction of sp³-hybridized carbons (Fsp3) is 0.571. The van der Waals surface area contributed by atoms with Crippen LogP contribution in [0.15, 0.2) is 12.3 Å². The molecule has 2 N–H and O–H groups in total. The molecule has 1 rings (SSSR count). The van der Waals surface area contributed by atoms with Crippen molar-refractivity contribution < 1.29 is 4.79 Å². The molecule has 0 saturated carbocycles. The molecule has 1 heterocycles. The van der Waals surface area contributed by atoms with E-state index in [9.17, 15) is 4.79 Å². The van der Waals surface area contributed by atoms with Gasteiger partial charge in [-0.05, 0) is 47.0 Å². The third-order valence-corrected chi connectivity index (χ3v) is 3.04. The summed E-state index contributed by atoms with van der Waals surface area (Å²) in [4.78, 5) is 20.5. The minimum absolute atomic E-state index is 0.0126. The highest BCUT2D eigenvalue weighted by atomic mass is 16.2. The van der Waals surface area contributed by atoms with Crippen LogP contribution in [0, 0.1) is 6.92 Å². The Kier molecular flexibility index (Phi) is 5.76. The summed E-state index contributed by atoms with van der Waals surface area (Å²) >= 11 is 0. The summed E-state index contributed by atoms with van der Waals surface area (Å²) in [6.07, 6.45) is 2.54. The van der Waals surface area contributed by atoms with Crippen molar-refractivity contribution in [2.45, 2.75) is 20.3 Å². The summed E-state index contributed by atoms with van der Waals surface area (Å²) in [5.41, 5.74) is 7.56. The summed E-state index contributed by atoms with van der Waals surface area (Å²) in [5, 5.41) is 0. The van der Waals surface area contributed by atoms with E-state index in [2.05, 4.69) is 9.88 Å². The van der Waals surface area contributed by atoms with Gasteiger partial charge in [-0.3, -0.25) is 9.78 Å². The predicted octanol–water partition coefficient (Wildman–Crippen LogP) is 1.39. The molecule has 5 heteroatoms. The lowest BCUT2D eigenvalue weighted by atomic mass is 10.1. The fourth-order valence-corrected chi connectivity index (χ4v) is 1.92. The average Bonchev–Trinajstić information content (AvgIpc) is 2.36. The number of hydrogen-bond donors (Lipinski definition) is 1. The second-order valence-electron chi connectivity index (χ2n) is 4.94. The van der Waals surface area contributed by atoms with Gasteiger partial charge < -0.3 is 15.5 Å². The molecule has 19 heavy (non-hydrogen) atoms. The van der Waals surface area contributed by atoms with E-state index in [0.29, 0.717) is 17.8 Å². The molecule has 0 fully saturated rings. The smallest absolute Gasteiger partial charge is 0.255 e. The van der Waals surface area contributed by atoms with Crippen LogP contribution in [0.3, 0.4) is 0 Å². The normalized spacial score (nSPS) is 10.8. The number of hydrogen-bond acceptors (Lipinski definition) is 4. The number of carbonyl (C=O) groups is 1. The van der Waals surface area contributed by atoms with Crippen LogP contribution in [0.1, 0.15) is 29.4 Å². The molecule has 0 aliphatic rings. The molecule has 0 spiro atoms. The number of pyridine rings is 1. The first-order valence-electron chi connectivity index (χ1n) is 6.61. The molecule has 0 atom stereocenters. The molecule has 1 amide bonds. The molecule has 1 aromatic rings. The summed E-state index contributed by atoms with van der Waals surface area (Å²) in [5.74, 6) is 0.0126. The zero-order valence-electron chi connectivity index (χ0n) is 12.3. The Bertz CT molecular complexity index is 431. The summed E-state index contributed by atoms with van der Waals surface area (Å²) in [6, 6.07) is 1.71. The van der Waals surface area contributed by atoms with Crippen molar-refractivity contribution in [2.75, 3.05) is 39.5 Å². The molecule has 0 aliphatic carbocycles. The van der Waals surface area contributed by atoms with Gasteiger partial charge in [0.1, 0.15) is 0 Å². The van der Waals surface area contributed by atoms with Gasteiger partial charge in [-0.2, -0.15) is 0 Å². The lowest BCUT2D eigenvalue weighted by Crippen LogP contribution is -2.33. The number of nitrogens with zero attached hydrogens (tertiary/aromatic N) is 3. The number of carbonyl (C=O) groups excluding carboxylic acids is 1. The quantitative estimate of drug-likeness (QED) is 0.843. The Hall–Kier alpha value is -1.62. The van der Waals surface area contributed by atoms with Crippen molar-refractivity contribution >= 4 is 11.6 Å². The number of anilines is 1. The molecule has 5 nitrogen and oxygen atoms in total. The van der Waals surface area contributed by atoms with Crippen LogP contribution in [0.2, 0.25) is 0 Å².